The van der Waals surface area contributed by atoms with Crippen LogP contribution < -0.4 is 10.2 Å². The number of carbonyl (C=O) groups is 2. The summed E-state index contributed by atoms with van der Waals surface area (Å²) in [5.41, 5.74) is 1.49. The summed E-state index contributed by atoms with van der Waals surface area (Å²) in [6, 6.07) is 2.96. The molecular weight excluding hydrogens is 349 g/mol. The third kappa shape index (κ3) is 3.80. The molecule has 8 heteroatoms. The summed E-state index contributed by atoms with van der Waals surface area (Å²) in [7, 11) is 5.37. The molecule has 0 bridgehead atoms. The minimum atomic E-state index is -0.378. The van der Waals surface area contributed by atoms with Gasteiger partial charge in [-0.1, -0.05) is 0 Å². The van der Waals surface area contributed by atoms with E-state index in [9.17, 15) is 14.0 Å². The van der Waals surface area contributed by atoms with Crippen LogP contribution in [-0.2, 0) is 11.8 Å². The molecule has 2 aromatic rings. The maximum absolute atomic E-state index is 15.0. The van der Waals surface area contributed by atoms with Crippen LogP contribution in [-0.4, -0.2) is 60.7 Å². The lowest BCUT2D eigenvalue weighted by molar-refractivity contribution is -0.107. The number of likely N-dealkylation sites (tertiary alicyclic amines) is 1. The predicted molar refractivity (Wildman–Crippen MR) is 103 cm³/mol. The van der Waals surface area contributed by atoms with Crippen molar-refractivity contribution in [3.8, 4) is 0 Å². The summed E-state index contributed by atoms with van der Waals surface area (Å²) in [6.07, 6.45) is 2.78. The molecule has 0 aliphatic carbocycles. The number of amides is 2. The molecule has 1 aliphatic heterocycles. The van der Waals surface area contributed by atoms with Crippen molar-refractivity contribution in [2.24, 2.45) is 7.05 Å². The Labute approximate surface area is 158 Å². The van der Waals surface area contributed by atoms with Gasteiger partial charge in [0.15, 0.2) is 5.82 Å². The molecule has 3 rings (SSSR count). The number of urea groups is 1. The molecule has 1 aromatic carbocycles. The topological polar surface area (TPSA) is 70.5 Å². The van der Waals surface area contributed by atoms with Gasteiger partial charge in [0.2, 0.25) is 0 Å². The summed E-state index contributed by atoms with van der Waals surface area (Å²) in [6.45, 7) is 2.09. The van der Waals surface area contributed by atoms with Gasteiger partial charge in [0, 0.05) is 32.4 Å². The van der Waals surface area contributed by atoms with Crippen molar-refractivity contribution in [3.05, 3.63) is 23.5 Å². The number of aromatic nitrogens is 2. The molecule has 1 saturated heterocycles. The molecule has 1 aliphatic rings. The number of aldehydes is 1. The number of hydrogen-bond donors (Lipinski definition) is 1. The highest BCUT2D eigenvalue weighted by atomic mass is 19.1. The van der Waals surface area contributed by atoms with Crippen LogP contribution >= 0.6 is 0 Å². The second-order valence-electron chi connectivity index (χ2n) is 7.08. The van der Waals surface area contributed by atoms with Gasteiger partial charge in [-0.2, -0.15) is 5.10 Å². The van der Waals surface area contributed by atoms with Crippen molar-refractivity contribution in [1.82, 2.24) is 20.0 Å². The van der Waals surface area contributed by atoms with E-state index in [0.29, 0.717) is 16.8 Å². The number of piperidine rings is 1. The first-order chi connectivity index (χ1) is 13.0. The molecule has 2 heterocycles. The molecule has 1 N–H and O–H groups in total. The minimum absolute atomic E-state index is 0.182. The Morgan fingerprint density at radius 1 is 1.37 bits per heavy atom. The fourth-order valence-corrected chi connectivity index (χ4v) is 3.73. The van der Waals surface area contributed by atoms with Crippen molar-refractivity contribution in [1.29, 1.82) is 0 Å². The summed E-state index contributed by atoms with van der Waals surface area (Å²) >= 11 is 0. The number of nitrogens with one attached hydrogen (secondary N) is 1. The van der Waals surface area contributed by atoms with E-state index in [0.717, 1.165) is 37.7 Å². The molecule has 0 unspecified atom stereocenters. The van der Waals surface area contributed by atoms with Gasteiger partial charge in [-0.25, -0.2) is 9.18 Å². The Balaban J connectivity index is 2.02. The number of fused-ring (bicyclic) bond motifs is 1. The number of aryl methyl sites for hydroxylation is 1. The summed E-state index contributed by atoms with van der Waals surface area (Å²) < 4.78 is 16.6. The van der Waals surface area contributed by atoms with Crippen molar-refractivity contribution in [2.75, 3.05) is 38.6 Å². The van der Waals surface area contributed by atoms with Gasteiger partial charge >= 0.3 is 6.03 Å². The highest BCUT2D eigenvalue weighted by Crippen LogP contribution is 2.35. The number of hydrogen-bond acceptors (Lipinski definition) is 4. The number of carbonyl (C=O) groups excluding carboxylic acids is 2. The van der Waals surface area contributed by atoms with Crippen molar-refractivity contribution in [3.63, 3.8) is 0 Å². The molecule has 7 nitrogen and oxygen atoms in total. The largest absolute Gasteiger partial charge is 0.341 e. The normalized spacial score (nSPS) is 15.9. The average molecular weight is 375 g/mol. The van der Waals surface area contributed by atoms with E-state index in [1.165, 1.54) is 18.0 Å². The molecule has 146 valence electrons. The van der Waals surface area contributed by atoms with Crippen LogP contribution in [0, 0.1) is 5.82 Å². The molecule has 1 aromatic heterocycles. The third-order valence-corrected chi connectivity index (χ3v) is 5.29. The van der Waals surface area contributed by atoms with Crippen LogP contribution in [0.25, 0.3) is 10.9 Å². The minimum Gasteiger partial charge on any atom is -0.341 e. The summed E-state index contributed by atoms with van der Waals surface area (Å²) in [5, 5.41) is 7.56. The zero-order valence-corrected chi connectivity index (χ0v) is 16.0. The van der Waals surface area contributed by atoms with Crippen LogP contribution in [0.15, 0.2) is 12.1 Å². The monoisotopic (exact) mass is 375 g/mol. The van der Waals surface area contributed by atoms with Gasteiger partial charge in [0.05, 0.1) is 5.52 Å². The molecular formula is C19H26FN5O2. The molecule has 0 saturated carbocycles. The zero-order valence-electron chi connectivity index (χ0n) is 16.0. The van der Waals surface area contributed by atoms with Crippen molar-refractivity contribution >= 4 is 29.0 Å². The zero-order chi connectivity index (χ0) is 19.6. The Kier molecular flexibility index (Phi) is 5.74. The Morgan fingerprint density at radius 2 is 2.07 bits per heavy atom. The van der Waals surface area contributed by atoms with Gasteiger partial charge in [-0.05, 0) is 56.6 Å². The number of benzene rings is 1. The fourth-order valence-electron chi connectivity index (χ4n) is 3.73. The molecule has 2 amide bonds. The Hall–Kier alpha value is -2.48. The third-order valence-electron chi connectivity index (χ3n) is 5.29. The second-order valence-corrected chi connectivity index (χ2v) is 7.08. The second kappa shape index (κ2) is 8.04. The standard InChI is InChI=1S/C19H26FN5O2/c1-21-19(27)25(7-4-10-26)18-15-11-16(20)14(12-17(15)24(3)22-18)13-5-8-23(2)9-6-13/h10-13H,4-9H2,1-3H3,(H,21,27). The van der Waals surface area contributed by atoms with E-state index in [1.54, 1.807) is 11.7 Å². The van der Waals surface area contributed by atoms with Gasteiger partial charge in [-0.15, -0.1) is 0 Å². The molecule has 0 radical (unpaired) electrons. The van der Waals surface area contributed by atoms with Gasteiger partial charge < -0.3 is 15.0 Å². The van der Waals surface area contributed by atoms with Gasteiger partial charge in [-0.3, -0.25) is 9.58 Å². The van der Waals surface area contributed by atoms with Crippen LogP contribution in [0.2, 0.25) is 0 Å². The van der Waals surface area contributed by atoms with Crippen LogP contribution in [0.3, 0.4) is 0 Å². The lowest BCUT2D eigenvalue weighted by atomic mass is 9.88. The molecule has 27 heavy (non-hydrogen) atoms. The van der Waals surface area contributed by atoms with Gasteiger partial charge in [0.25, 0.3) is 0 Å². The number of rotatable bonds is 5. The smallest absolute Gasteiger partial charge is 0.322 e. The summed E-state index contributed by atoms with van der Waals surface area (Å²) in [4.78, 5) is 26.7. The average Bonchev–Trinajstić information content (AvgIpc) is 2.97. The van der Waals surface area contributed by atoms with Crippen LogP contribution in [0.4, 0.5) is 15.0 Å². The lowest BCUT2D eigenvalue weighted by Gasteiger charge is -2.29. The van der Waals surface area contributed by atoms with E-state index >= 15 is 0 Å². The number of halogens is 1. The Bertz CT molecular complexity index is 842. The quantitative estimate of drug-likeness (QED) is 0.814. The highest BCUT2D eigenvalue weighted by molar-refractivity contribution is 6.01. The first kappa shape index (κ1) is 19.3. The Morgan fingerprint density at radius 3 is 2.70 bits per heavy atom. The maximum Gasteiger partial charge on any atom is 0.322 e. The van der Waals surface area contributed by atoms with E-state index < -0.39 is 0 Å². The maximum atomic E-state index is 15.0. The van der Waals surface area contributed by atoms with E-state index in [1.807, 2.05) is 6.07 Å². The first-order valence-corrected chi connectivity index (χ1v) is 9.23. The van der Waals surface area contributed by atoms with E-state index in [4.69, 9.17) is 0 Å². The molecule has 0 spiro atoms. The van der Waals surface area contributed by atoms with E-state index in [-0.39, 0.29) is 30.7 Å². The lowest BCUT2D eigenvalue weighted by Crippen LogP contribution is -2.39. The molecule has 0 atom stereocenters. The van der Waals surface area contributed by atoms with Crippen molar-refractivity contribution < 1.29 is 14.0 Å². The predicted octanol–water partition coefficient (Wildman–Crippen LogP) is 2.26. The first-order valence-electron chi connectivity index (χ1n) is 9.23. The van der Waals surface area contributed by atoms with Crippen LogP contribution in [0.1, 0.15) is 30.7 Å². The van der Waals surface area contributed by atoms with Gasteiger partial charge in [0.1, 0.15) is 12.1 Å². The number of anilines is 1. The highest BCUT2D eigenvalue weighted by Gasteiger charge is 2.25. The summed E-state index contributed by atoms with van der Waals surface area (Å²) in [5.74, 6) is 0.287. The number of nitrogens with zero attached hydrogens (tertiary/aromatic N) is 4. The van der Waals surface area contributed by atoms with E-state index in [2.05, 4.69) is 22.4 Å². The molecule has 1 fully saturated rings. The van der Waals surface area contributed by atoms with Crippen LogP contribution in [0.5, 0.6) is 0 Å². The SMILES string of the molecule is CNC(=O)N(CCC=O)c1nn(C)c2cc(C3CCN(C)CC3)c(F)cc12. The fraction of sp³-hybridized carbons (Fsp3) is 0.526. The van der Waals surface area contributed by atoms with Crippen molar-refractivity contribution in [2.45, 2.75) is 25.2 Å².